The first kappa shape index (κ1) is 15.8. The van der Waals surface area contributed by atoms with Crippen molar-refractivity contribution < 1.29 is 19.2 Å². The van der Waals surface area contributed by atoms with Crippen LogP contribution in [-0.4, -0.2) is 23.3 Å². The largest absolute Gasteiger partial charge is 0.494 e. The first-order valence-electron chi connectivity index (χ1n) is 8.50. The van der Waals surface area contributed by atoms with Crippen LogP contribution in [0.25, 0.3) is 0 Å². The van der Waals surface area contributed by atoms with Crippen LogP contribution in [0.15, 0.2) is 30.4 Å². The summed E-state index contributed by atoms with van der Waals surface area (Å²) in [6, 6.07) is 4.26. The van der Waals surface area contributed by atoms with Gasteiger partial charge in [-0.1, -0.05) is 12.2 Å². The molecular formula is C18H18N2O5. The van der Waals surface area contributed by atoms with E-state index in [-0.39, 0.29) is 46.9 Å². The molecule has 2 bridgehead atoms. The lowest BCUT2D eigenvalue weighted by Gasteiger charge is -2.38. The molecule has 4 aliphatic rings. The van der Waals surface area contributed by atoms with Gasteiger partial charge in [0.25, 0.3) is 5.69 Å². The summed E-state index contributed by atoms with van der Waals surface area (Å²) in [5.41, 5.74) is -0.246. The van der Waals surface area contributed by atoms with Gasteiger partial charge in [0.2, 0.25) is 11.8 Å². The molecule has 130 valence electrons. The number of anilines is 1. The Kier molecular flexibility index (Phi) is 3.59. The summed E-state index contributed by atoms with van der Waals surface area (Å²) >= 11 is 0. The van der Waals surface area contributed by atoms with E-state index in [2.05, 4.69) is 0 Å². The fourth-order valence-corrected chi connectivity index (χ4v) is 4.41. The van der Waals surface area contributed by atoms with Crippen molar-refractivity contribution in [3.63, 3.8) is 0 Å². The number of carbonyl (C=O) groups excluding carboxylic acids is 2. The van der Waals surface area contributed by atoms with Gasteiger partial charge < -0.3 is 4.74 Å². The zero-order chi connectivity index (χ0) is 17.7. The summed E-state index contributed by atoms with van der Waals surface area (Å²) in [7, 11) is 0. The number of allylic oxidation sites excluding steroid dienone is 2. The van der Waals surface area contributed by atoms with Crippen LogP contribution in [0, 0.1) is 33.8 Å². The van der Waals surface area contributed by atoms with Crippen molar-refractivity contribution >= 4 is 23.2 Å². The minimum absolute atomic E-state index is 0.0391. The van der Waals surface area contributed by atoms with Gasteiger partial charge in [0, 0.05) is 0 Å². The Balaban J connectivity index is 1.77. The molecule has 25 heavy (non-hydrogen) atoms. The standard InChI is InChI=1S/C18H18N2O5/c1-2-25-12-7-8-13(14(9-12)20(23)24)19-17(21)15-10-3-4-11(6-5-10)16(15)18(19)22/h3-4,7-11,15-16H,2,5-6H2,1H3/t10-,11-,15-,16+/m0/s1. The summed E-state index contributed by atoms with van der Waals surface area (Å²) in [5.74, 6) is -0.958. The van der Waals surface area contributed by atoms with E-state index in [1.54, 1.807) is 13.0 Å². The van der Waals surface area contributed by atoms with Gasteiger partial charge in [-0.3, -0.25) is 19.7 Å². The lowest BCUT2D eigenvalue weighted by atomic mass is 9.63. The number of nitro benzene ring substituents is 1. The molecule has 1 aliphatic heterocycles. The van der Waals surface area contributed by atoms with E-state index in [0.717, 1.165) is 17.7 Å². The van der Waals surface area contributed by atoms with Crippen molar-refractivity contribution in [2.24, 2.45) is 23.7 Å². The number of hydrogen-bond acceptors (Lipinski definition) is 5. The van der Waals surface area contributed by atoms with Crippen LogP contribution in [0.1, 0.15) is 19.8 Å². The zero-order valence-corrected chi connectivity index (χ0v) is 13.8. The number of amides is 2. The van der Waals surface area contributed by atoms with Gasteiger partial charge in [0.05, 0.1) is 29.4 Å². The predicted octanol–water partition coefficient (Wildman–Crippen LogP) is 2.70. The number of hydrogen-bond donors (Lipinski definition) is 0. The van der Waals surface area contributed by atoms with Crippen LogP contribution in [0.4, 0.5) is 11.4 Å². The summed E-state index contributed by atoms with van der Waals surface area (Å²) in [6.07, 6.45) is 5.83. The summed E-state index contributed by atoms with van der Waals surface area (Å²) in [4.78, 5) is 37.8. The van der Waals surface area contributed by atoms with Crippen molar-refractivity contribution in [2.75, 3.05) is 11.5 Å². The van der Waals surface area contributed by atoms with Crippen LogP contribution in [0.2, 0.25) is 0 Å². The normalized spacial score (nSPS) is 29.9. The molecule has 0 spiro atoms. The van der Waals surface area contributed by atoms with Crippen molar-refractivity contribution in [3.05, 3.63) is 40.5 Å². The first-order chi connectivity index (χ1) is 12.0. The van der Waals surface area contributed by atoms with Crippen molar-refractivity contribution in [1.29, 1.82) is 0 Å². The maximum atomic E-state index is 12.9. The van der Waals surface area contributed by atoms with Gasteiger partial charge in [-0.25, -0.2) is 4.90 Å². The van der Waals surface area contributed by atoms with Crippen molar-refractivity contribution in [1.82, 2.24) is 0 Å². The quantitative estimate of drug-likeness (QED) is 0.363. The van der Waals surface area contributed by atoms with Crippen molar-refractivity contribution in [2.45, 2.75) is 19.8 Å². The molecule has 3 aliphatic carbocycles. The third kappa shape index (κ3) is 2.26. The maximum absolute atomic E-state index is 12.9. The second-order valence-electron chi connectivity index (χ2n) is 6.69. The number of nitro groups is 1. The molecule has 7 nitrogen and oxygen atoms in total. The molecule has 4 atom stereocenters. The van der Waals surface area contributed by atoms with Crippen molar-refractivity contribution in [3.8, 4) is 5.75 Å². The number of imide groups is 1. The molecule has 5 rings (SSSR count). The van der Waals surface area contributed by atoms with Gasteiger partial charge in [0.1, 0.15) is 11.4 Å². The second-order valence-corrected chi connectivity index (χ2v) is 6.69. The highest BCUT2D eigenvalue weighted by atomic mass is 16.6. The fourth-order valence-electron chi connectivity index (χ4n) is 4.41. The number of ether oxygens (including phenoxy) is 1. The predicted molar refractivity (Wildman–Crippen MR) is 89.1 cm³/mol. The van der Waals surface area contributed by atoms with Crippen LogP contribution >= 0.6 is 0 Å². The summed E-state index contributed by atoms with van der Waals surface area (Å²) in [5, 5.41) is 11.5. The molecule has 2 fully saturated rings. The van der Waals surface area contributed by atoms with E-state index < -0.39 is 4.92 Å². The monoisotopic (exact) mass is 342 g/mol. The third-order valence-electron chi connectivity index (χ3n) is 5.45. The maximum Gasteiger partial charge on any atom is 0.297 e. The molecule has 0 radical (unpaired) electrons. The van der Waals surface area contributed by atoms with Gasteiger partial charge in [0.15, 0.2) is 0 Å². The van der Waals surface area contributed by atoms with Crippen LogP contribution < -0.4 is 9.64 Å². The molecule has 1 heterocycles. The molecule has 7 heteroatoms. The minimum atomic E-state index is -0.576. The molecule has 0 aromatic heterocycles. The number of carbonyl (C=O) groups is 2. The SMILES string of the molecule is CCOc1ccc(N2C(=O)[C@@H]3[C@H](C2=O)[C@H]2C=C[C@H]3CC2)c([N+](=O)[O-])c1. The average molecular weight is 342 g/mol. The highest BCUT2D eigenvalue weighted by Gasteiger charge is 2.57. The molecule has 0 N–H and O–H groups in total. The van der Waals surface area contributed by atoms with E-state index in [1.165, 1.54) is 12.1 Å². The topological polar surface area (TPSA) is 89.8 Å². The fraction of sp³-hybridized carbons (Fsp3) is 0.444. The Hall–Kier alpha value is -2.70. The molecule has 1 aromatic rings. The number of rotatable bonds is 4. The Morgan fingerprint density at radius 2 is 1.76 bits per heavy atom. The van der Waals surface area contributed by atoms with Crippen LogP contribution in [0.3, 0.4) is 0 Å². The second kappa shape index (κ2) is 5.68. The molecule has 1 saturated carbocycles. The zero-order valence-electron chi connectivity index (χ0n) is 13.8. The third-order valence-corrected chi connectivity index (χ3v) is 5.45. The molecule has 2 amide bonds. The number of benzene rings is 1. The molecule has 1 saturated heterocycles. The Labute approximate surface area is 144 Å². The van der Waals surface area contributed by atoms with E-state index in [9.17, 15) is 19.7 Å². The molecule has 1 aromatic carbocycles. The number of nitrogens with zero attached hydrogens (tertiary/aromatic N) is 2. The van der Waals surface area contributed by atoms with E-state index in [4.69, 9.17) is 4.74 Å². The lowest BCUT2D eigenvalue weighted by Crippen LogP contribution is -2.38. The van der Waals surface area contributed by atoms with E-state index in [1.807, 2.05) is 12.2 Å². The highest BCUT2D eigenvalue weighted by molar-refractivity contribution is 6.23. The molecular weight excluding hydrogens is 324 g/mol. The van der Waals surface area contributed by atoms with Gasteiger partial charge in [-0.2, -0.15) is 0 Å². The average Bonchev–Trinajstić information content (AvgIpc) is 2.89. The first-order valence-corrected chi connectivity index (χ1v) is 8.50. The van der Waals surface area contributed by atoms with Gasteiger partial charge >= 0.3 is 0 Å². The van der Waals surface area contributed by atoms with Crippen LogP contribution in [0.5, 0.6) is 5.75 Å². The summed E-state index contributed by atoms with van der Waals surface area (Å²) < 4.78 is 5.30. The summed E-state index contributed by atoms with van der Waals surface area (Å²) in [6.45, 7) is 2.15. The minimum Gasteiger partial charge on any atom is -0.494 e. The Morgan fingerprint density at radius 1 is 1.16 bits per heavy atom. The number of fused-ring (bicyclic) bond motifs is 1. The Morgan fingerprint density at radius 3 is 2.24 bits per heavy atom. The Bertz CT molecular complexity index is 771. The van der Waals surface area contributed by atoms with Gasteiger partial charge in [-0.05, 0) is 43.7 Å². The van der Waals surface area contributed by atoms with E-state index in [0.29, 0.717) is 12.4 Å². The van der Waals surface area contributed by atoms with Crippen LogP contribution in [-0.2, 0) is 9.59 Å². The van der Waals surface area contributed by atoms with Gasteiger partial charge in [-0.15, -0.1) is 0 Å². The highest BCUT2D eigenvalue weighted by Crippen LogP contribution is 2.51. The lowest BCUT2D eigenvalue weighted by molar-refractivity contribution is -0.384. The smallest absolute Gasteiger partial charge is 0.297 e. The molecule has 0 unspecified atom stereocenters. The van der Waals surface area contributed by atoms with E-state index >= 15 is 0 Å².